The van der Waals surface area contributed by atoms with Crippen molar-refractivity contribution in [1.82, 2.24) is 10.3 Å². The Hall–Kier alpha value is -2.35. The molecule has 0 aliphatic heterocycles. The molecule has 0 unspecified atom stereocenters. The average molecular weight is 379 g/mol. The summed E-state index contributed by atoms with van der Waals surface area (Å²) in [7, 11) is 0. The predicted molar refractivity (Wildman–Crippen MR) is 94.9 cm³/mol. The van der Waals surface area contributed by atoms with E-state index in [2.05, 4.69) is 15.6 Å². The van der Waals surface area contributed by atoms with Crippen LogP contribution in [0.1, 0.15) is 36.1 Å². The van der Waals surface area contributed by atoms with Crippen molar-refractivity contribution in [2.24, 2.45) is 5.92 Å². The Kier molecular flexibility index (Phi) is 5.92. The lowest BCUT2D eigenvalue weighted by molar-refractivity contribution is -0.122. The van der Waals surface area contributed by atoms with Gasteiger partial charge in [-0.1, -0.05) is 6.07 Å². The number of hydrogen-bond donors (Lipinski definition) is 2. The number of nitrogens with one attached hydrogen (secondary N) is 2. The van der Waals surface area contributed by atoms with Crippen LogP contribution in [0.3, 0.4) is 0 Å². The molecule has 1 aliphatic rings. The molecule has 1 fully saturated rings. The largest absolute Gasteiger partial charge is 0.356 e. The number of aromatic nitrogens is 1. The number of amides is 2. The highest BCUT2D eigenvalue weighted by molar-refractivity contribution is 7.15. The van der Waals surface area contributed by atoms with E-state index in [1.165, 1.54) is 17.4 Å². The minimum absolute atomic E-state index is 0.0761. The molecule has 1 aromatic heterocycles. The molecule has 1 aliphatic carbocycles. The Morgan fingerprint density at radius 2 is 2.04 bits per heavy atom. The number of hydrogen-bond acceptors (Lipinski definition) is 4. The lowest BCUT2D eigenvalue weighted by Crippen LogP contribution is -2.26. The third-order valence-corrected chi connectivity index (χ3v) is 4.90. The van der Waals surface area contributed by atoms with Crippen molar-refractivity contribution in [2.75, 3.05) is 11.9 Å². The van der Waals surface area contributed by atoms with Gasteiger partial charge in [0.1, 0.15) is 0 Å². The van der Waals surface area contributed by atoms with Gasteiger partial charge >= 0.3 is 0 Å². The summed E-state index contributed by atoms with van der Waals surface area (Å²) in [5.41, 5.74) is 0.636. The molecule has 1 saturated carbocycles. The van der Waals surface area contributed by atoms with Gasteiger partial charge in [-0.25, -0.2) is 13.8 Å². The Labute approximate surface area is 153 Å². The van der Waals surface area contributed by atoms with Gasteiger partial charge in [0.25, 0.3) is 0 Å². The van der Waals surface area contributed by atoms with Gasteiger partial charge < -0.3 is 10.6 Å². The number of nitrogens with zero attached hydrogens (tertiary/aromatic N) is 1. The molecule has 0 bridgehead atoms. The summed E-state index contributed by atoms with van der Waals surface area (Å²) in [6, 6.07) is 3.77. The molecule has 0 saturated heterocycles. The van der Waals surface area contributed by atoms with Crippen LogP contribution in [0.2, 0.25) is 0 Å². The van der Waals surface area contributed by atoms with Crippen molar-refractivity contribution in [2.45, 2.75) is 32.1 Å². The van der Waals surface area contributed by atoms with E-state index in [4.69, 9.17) is 0 Å². The Balaban J connectivity index is 1.41. The molecule has 5 nitrogen and oxygen atoms in total. The Bertz CT molecular complexity index is 805. The van der Waals surface area contributed by atoms with Gasteiger partial charge in [-0.3, -0.25) is 9.59 Å². The van der Waals surface area contributed by atoms with Crippen molar-refractivity contribution in [1.29, 1.82) is 0 Å². The van der Waals surface area contributed by atoms with Crippen LogP contribution in [0.5, 0.6) is 0 Å². The van der Waals surface area contributed by atoms with Crippen molar-refractivity contribution in [3.8, 4) is 0 Å². The quantitative estimate of drug-likeness (QED) is 0.692. The molecule has 1 aromatic carbocycles. The molecule has 0 radical (unpaired) electrons. The maximum atomic E-state index is 13.2. The van der Waals surface area contributed by atoms with Gasteiger partial charge in [0.05, 0.1) is 0 Å². The second kappa shape index (κ2) is 8.35. The summed E-state index contributed by atoms with van der Waals surface area (Å²) in [5, 5.41) is 6.00. The van der Waals surface area contributed by atoms with E-state index in [-0.39, 0.29) is 17.7 Å². The summed E-state index contributed by atoms with van der Waals surface area (Å²) in [5.74, 6) is -1.67. The zero-order valence-corrected chi connectivity index (χ0v) is 14.9. The molecule has 1 heterocycles. The fraction of sp³-hybridized carbons (Fsp3) is 0.389. The molecule has 8 heteroatoms. The first kappa shape index (κ1) is 18.4. The van der Waals surface area contributed by atoms with Crippen molar-refractivity contribution in [3.05, 3.63) is 46.5 Å². The van der Waals surface area contributed by atoms with E-state index in [0.29, 0.717) is 36.5 Å². The van der Waals surface area contributed by atoms with Crippen LogP contribution in [0.15, 0.2) is 24.4 Å². The molecule has 2 aromatic rings. The van der Waals surface area contributed by atoms with Gasteiger partial charge in [0.2, 0.25) is 11.8 Å². The standard InChI is InChI=1S/C18H19F2N3O2S/c19-14-6-3-11(9-15(14)20)8-13-10-22-18(26-13)23-16(24)2-1-7-21-17(25)12-4-5-12/h3,6,9-10,12H,1-2,4-5,7-8H2,(H,21,25)(H,22,23,24). The van der Waals surface area contributed by atoms with Crippen molar-refractivity contribution < 1.29 is 18.4 Å². The first-order valence-corrected chi connectivity index (χ1v) is 9.29. The number of halogens is 2. The third kappa shape index (κ3) is 5.32. The molecule has 2 N–H and O–H groups in total. The van der Waals surface area contributed by atoms with E-state index in [9.17, 15) is 18.4 Å². The SMILES string of the molecule is O=C(CCCNC(=O)C1CC1)Nc1ncc(Cc2ccc(F)c(F)c2)s1. The first-order valence-electron chi connectivity index (χ1n) is 8.47. The molecular weight excluding hydrogens is 360 g/mol. The van der Waals surface area contributed by atoms with Crippen LogP contribution in [0, 0.1) is 17.6 Å². The molecule has 3 rings (SSSR count). The number of carbonyl (C=O) groups excluding carboxylic acids is 2. The van der Waals surface area contributed by atoms with Crippen molar-refractivity contribution in [3.63, 3.8) is 0 Å². The number of anilines is 1. The highest BCUT2D eigenvalue weighted by Crippen LogP contribution is 2.28. The van der Waals surface area contributed by atoms with Crippen LogP contribution in [0.25, 0.3) is 0 Å². The summed E-state index contributed by atoms with van der Waals surface area (Å²) in [6.45, 7) is 0.488. The minimum atomic E-state index is -0.880. The topological polar surface area (TPSA) is 71.1 Å². The summed E-state index contributed by atoms with van der Waals surface area (Å²) >= 11 is 1.29. The molecule has 138 valence electrons. The zero-order valence-electron chi connectivity index (χ0n) is 14.1. The summed E-state index contributed by atoms with van der Waals surface area (Å²) in [4.78, 5) is 28.3. The Morgan fingerprint density at radius 3 is 2.77 bits per heavy atom. The van der Waals surface area contributed by atoms with Crippen LogP contribution >= 0.6 is 11.3 Å². The van der Waals surface area contributed by atoms with Gasteiger partial charge in [-0.05, 0) is 37.0 Å². The first-order chi connectivity index (χ1) is 12.5. The Morgan fingerprint density at radius 1 is 1.23 bits per heavy atom. The van der Waals surface area contributed by atoms with Gasteiger partial charge in [0.15, 0.2) is 16.8 Å². The van der Waals surface area contributed by atoms with Gasteiger partial charge in [-0.2, -0.15) is 0 Å². The number of rotatable bonds is 8. The number of carbonyl (C=O) groups is 2. The highest BCUT2D eigenvalue weighted by Gasteiger charge is 2.28. The third-order valence-electron chi connectivity index (χ3n) is 3.99. The van der Waals surface area contributed by atoms with E-state index < -0.39 is 11.6 Å². The van der Waals surface area contributed by atoms with Crippen LogP contribution in [-0.2, 0) is 16.0 Å². The minimum Gasteiger partial charge on any atom is -0.356 e. The molecule has 26 heavy (non-hydrogen) atoms. The molecule has 0 atom stereocenters. The number of benzene rings is 1. The molecule has 0 spiro atoms. The van der Waals surface area contributed by atoms with E-state index in [1.54, 1.807) is 6.20 Å². The van der Waals surface area contributed by atoms with Gasteiger partial charge in [-0.15, -0.1) is 11.3 Å². The highest BCUT2D eigenvalue weighted by atomic mass is 32.1. The maximum Gasteiger partial charge on any atom is 0.226 e. The summed E-state index contributed by atoms with van der Waals surface area (Å²) < 4.78 is 26.2. The van der Waals surface area contributed by atoms with Crippen molar-refractivity contribution >= 4 is 28.3 Å². The lowest BCUT2D eigenvalue weighted by atomic mass is 10.1. The normalized spacial score (nSPS) is 13.5. The monoisotopic (exact) mass is 379 g/mol. The predicted octanol–water partition coefficient (Wildman–Crippen LogP) is 3.26. The molecular formula is C18H19F2N3O2S. The van der Waals surface area contributed by atoms with Crippen LogP contribution < -0.4 is 10.6 Å². The second-order valence-corrected chi connectivity index (χ2v) is 7.39. The van der Waals surface area contributed by atoms with E-state index >= 15 is 0 Å². The fourth-order valence-corrected chi connectivity index (χ4v) is 3.29. The lowest BCUT2D eigenvalue weighted by Gasteiger charge is -2.04. The fourth-order valence-electron chi connectivity index (χ4n) is 2.43. The maximum absolute atomic E-state index is 13.2. The molecule has 2 amide bonds. The van der Waals surface area contributed by atoms with E-state index in [1.807, 2.05) is 0 Å². The van der Waals surface area contributed by atoms with Crippen LogP contribution in [0.4, 0.5) is 13.9 Å². The second-order valence-electron chi connectivity index (χ2n) is 6.27. The van der Waals surface area contributed by atoms with Gasteiger partial charge in [0, 0.05) is 36.4 Å². The smallest absolute Gasteiger partial charge is 0.226 e. The number of thiazole rings is 1. The van der Waals surface area contributed by atoms with Crippen LogP contribution in [-0.4, -0.2) is 23.3 Å². The average Bonchev–Trinajstić information content (AvgIpc) is 3.37. The summed E-state index contributed by atoms with van der Waals surface area (Å²) in [6.07, 6.45) is 4.81. The van der Waals surface area contributed by atoms with E-state index in [0.717, 1.165) is 29.9 Å². The zero-order chi connectivity index (χ0) is 18.5.